The molecule has 0 radical (unpaired) electrons. The van der Waals surface area contributed by atoms with Crippen molar-refractivity contribution in [2.45, 2.75) is 12.2 Å². The van der Waals surface area contributed by atoms with Gasteiger partial charge in [-0.1, -0.05) is 48.0 Å². The molecule has 0 fully saturated rings. The molecule has 4 N–H and O–H groups in total. The zero-order chi connectivity index (χ0) is 22.1. The van der Waals surface area contributed by atoms with Crippen LogP contribution in [0.4, 0.5) is 5.69 Å². The lowest BCUT2D eigenvalue weighted by Crippen LogP contribution is -2.56. The molecule has 2 aromatic carbocycles. The number of hydrogen-bond acceptors (Lipinski definition) is 4. The molecule has 0 saturated heterocycles. The van der Waals surface area contributed by atoms with Gasteiger partial charge in [-0.25, -0.2) is 0 Å². The van der Waals surface area contributed by atoms with Crippen LogP contribution in [0.15, 0.2) is 85.2 Å². The number of carbonyl (C=O) groups excluding carboxylic acids is 1. The Bertz CT molecular complexity index is 1270. The number of halogens is 1. The Morgan fingerprint density at radius 2 is 1.78 bits per heavy atom. The minimum absolute atomic E-state index is 0.169. The van der Waals surface area contributed by atoms with Gasteiger partial charge in [0.15, 0.2) is 5.66 Å². The number of nitrogens with one attached hydrogen (secondary N) is 2. The number of aromatic nitrogens is 2. The van der Waals surface area contributed by atoms with Crippen LogP contribution in [0.5, 0.6) is 0 Å². The lowest BCUT2D eigenvalue weighted by atomic mass is 9.90. The summed E-state index contributed by atoms with van der Waals surface area (Å²) in [6, 6.07) is 23.2. The van der Waals surface area contributed by atoms with Crippen LogP contribution in [0.2, 0.25) is 5.02 Å². The Morgan fingerprint density at radius 3 is 2.53 bits per heavy atom. The topological polar surface area (TPSA) is 85.0 Å². The molecule has 4 aromatic rings. The molecule has 0 saturated carbocycles. The van der Waals surface area contributed by atoms with E-state index in [1.165, 1.54) is 0 Å². The van der Waals surface area contributed by atoms with Crippen molar-refractivity contribution in [2.75, 3.05) is 11.9 Å². The number of anilines is 1. The maximum absolute atomic E-state index is 13.1. The van der Waals surface area contributed by atoms with Gasteiger partial charge in [-0.3, -0.25) is 9.78 Å². The molecule has 0 spiro atoms. The van der Waals surface area contributed by atoms with E-state index in [0.29, 0.717) is 22.8 Å². The maximum Gasteiger partial charge on any atom is 0.255 e. The summed E-state index contributed by atoms with van der Waals surface area (Å²) in [5.41, 5.74) is 9.70. The van der Waals surface area contributed by atoms with Gasteiger partial charge < -0.3 is 20.9 Å². The van der Waals surface area contributed by atoms with Gasteiger partial charge in [0.25, 0.3) is 5.91 Å². The first-order valence-electron chi connectivity index (χ1n) is 10.4. The normalized spacial score (nSPS) is 17.4. The Morgan fingerprint density at radius 1 is 0.969 bits per heavy atom. The third-order valence-electron chi connectivity index (χ3n) is 5.72. The highest BCUT2D eigenvalue weighted by Crippen LogP contribution is 2.36. The molecular weight excluding hydrogens is 422 g/mol. The average molecular weight is 444 g/mol. The number of nitrogens with two attached hydrogens (primary N) is 1. The van der Waals surface area contributed by atoms with E-state index in [9.17, 15) is 4.79 Å². The SMILES string of the molecule is NCCn1cccc1-c1ccc(C2(c3ccc(Cl)cn3)NC(=O)c3ccccc3N2)cc1. The van der Waals surface area contributed by atoms with Crippen LogP contribution in [0.25, 0.3) is 11.3 Å². The highest BCUT2D eigenvalue weighted by atomic mass is 35.5. The number of benzene rings is 2. The fourth-order valence-corrected chi connectivity index (χ4v) is 4.29. The van der Waals surface area contributed by atoms with Crippen LogP contribution in [0.3, 0.4) is 0 Å². The van der Waals surface area contributed by atoms with Gasteiger partial charge in [0.05, 0.1) is 16.3 Å². The summed E-state index contributed by atoms with van der Waals surface area (Å²) in [7, 11) is 0. The minimum atomic E-state index is -1.03. The first-order chi connectivity index (χ1) is 15.6. The Labute approximate surface area is 191 Å². The lowest BCUT2D eigenvalue weighted by Gasteiger charge is -2.40. The second kappa shape index (κ2) is 8.15. The largest absolute Gasteiger partial charge is 0.353 e. The van der Waals surface area contributed by atoms with E-state index in [0.717, 1.165) is 29.1 Å². The van der Waals surface area contributed by atoms with E-state index in [-0.39, 0.29) is 5.91 Å². The number of carbonyl (C=O) groups is 1. The third-order valence-corrected chi connectivity index (χ3v) is 5.94. The molecule has 1 amide bonds. The number of fused-ring (bicyclic) bond motifs is 1. The number of hydrogen-bond donors (Lipinski definition) is 3. The van der Waals surface area contributed by atoms with E-state index in [2.05, 4.69) is 26.3 Å². The number of amides is 1. The molecule has 160 valence electrons. The van der Waals surface area contributed by atoms with Gasteiger partial charge in [0, 0.05) is 42.4 Å². The predicted molar refractivity (Wildman–Crippen MR) is 126 cm³/mol. The maximum atomic E-state index is 13.1. The standard InChI is InChI=1S/C25H22ClN5O/c26-19-11-12-23(28-16-19)25(29-21-5-2-1-4-20(21)24(32)30-25)18-9-7-17(8-10-18)22-6-3-14-31(22)15-13-27/h1-12,14,16,29H,13,15,27H2,(H,30,32). The third kappa shape index (κ3) is 3.43. The molecule has 2 aromatic heterocycles. The lowest BCUT2D eigenvalue weighted by molar-refractivity contribution is 0.0912. The molecule has 1 unspecified atom stereocenters. The highest BCUT2D eigenvalue weighted by molar-refractivity contribution is 6.30. The second-order valence-electron chi connectivity index (χ2n) is 7.69. The second-order valence-corrected chi connectivity index (χ2v) is 8.13. The number of pyridine rings is 1. The first kappa shape index (κ1) is 20.3. The fraction of sp³-hybridized carbons (Fsp3) is 0.120. The van der Waals surface area contributed by atoms with Crippen LogP contribution in [0.1, 0.15) is 21.6 Å². The van der Waals surface area contributed by atoms with Crippen LogP contribution in [-0.2, 0) is 12.2 Å². The van der Waals surface area contributed by atoms with Gasteiger partial charge in [0.1, 0.15) is 0 Å². The summed E-state index contributed by atoms with van der Waals surface area (Å²) in [4.78, 5) is 17.6. The summed E-state index contributed by atoms with van der Waals surface area (Å²) in [5, 5.41) is 7.20. The van der Waals surface area contributed by atoms with E-state index in [1.54, 1.807) is 18.3 Å². The quantitative estimate of drug-likeness (QED) is 0.431. The molecule has 7 heteroatoms. The van der Waals surface area contributed by atoms with Gasteiger partial charge in [-0.2, -0.15) is 0 Å². The number of rotatable bonds is 5. The predicted octanol–water partition coefficient (Wildman–Crippen LogP) is 4.22. The zero-order valence-electron chi connectivity index (χ0n) is 17.3. The molecule has 0 aliphatic carbocycles. The molecule has 32 heavy (non-hydrogen) atoms. The minimum Gasteiger partial charge on any atom is -0.353 e. The van der Waals surface area contributed by atoms with Crippen molar-refractivity contribution in [3.63, 3.8) is 0 Å². The summed E-state index contributed by atoms with van der Waals surface area (Å²) in [5.74, 6) is -0.169. The molecule has 5 rings (SSSR count). The van der Waals surface area contributed by atoms with E-state index < -0.39 is 5.66 Å². The molecule has 1 aliphatic heterocycles. The van der Waals surface area contributed by atoms with Crippen LogP contribution in [-0.4, -0.2) is 22.0 Å². The molecular formula is C25H22ClN5O. The van der Waals surface area contributed by atoms with Crippen molar-refractivity contribution in [1.82, 2.24) is 14.9 Å². The average Bonchev–Trinajstić information content (AvgIpc) is 3.28. The van der Waals surface area contributed by atoms with E-state index >= 15 is 0 Å². The van der Waals surface area contributed by atoms with Crippen molar-refractivity contribution in [3.05, 3.63) is 107 Å². The summed E-state index contributed by atoms with van der Waals surface area (Å²) in [6.45, 7) is 1.32. The van der Waals surface area contributed by atoms with E-state index in [4.69, 9.17) is 17.3 Å². The fourth-order valence-electron chi connectivity index (χ4n) is 4.18. The van der Waals surface area contributed by atoms with Gasteiger partial charge >= 0.3 is 0 Å². The molecule has 1 atom stereocenters. The van der Waals surface area contributed by atoms with Crippen molar-refractivity contribution in [1.29, 1.82) is 0 Å². The molecule has 3 heterocycles. The Hall–Kier alpha value is -3.61. The zero-order valence-corrected chi connectivity index (χ0v) is 18.0. The van der Waals surface area contributed by atoms with Gasteiger partial charge in [-0.05, 0) is 42.0 Å². The summed E-state index contributed by atoms with van der Waals surface area (Å²) >= 11 is 6.09. The molecule has 0 bridgehead atoms. The molecule has 1 aliphatic rings. The van der Waals surface area contributed by atoms with Crippen molar-refractivity contribution in [2.24, 2.45) is 5.73 Å². The number of para-hydroxylation sites is 1. The summed E-state index contributed by atoms with van der Waals surface area (Å²) in [6.07, 6.45) is 3.61. The monoisotopic (exact) mass is 443 g/mol. The van der Waals surface area contributed by atoms with Crippen molar-refractivity contribution < 1.29 is 4.79 Å². The van der Waals surface area contributed by atoms with Crippen LogP contribution < -0.4 is 16.4 Å². The van der Waals surface area contributed by atoms with Crippen molar-refractivity contribution >= 4 is 23.2 Å². The van der Waals surface area contributed by atoms with Crippen molar-refractivity contribution in [3.8, 4) is 11.3 Å². The Kier molecular flexibility index (Phi) is 5.17. The number of nitrogens with zero attached hydrogens (tertiary/aromatic N) is 2. The van der Waals surface area contributed by atoms with Crippen LogP contribution in [0, 0.1) is 0 Å². The Balaban J connectivity index is 1.61. The first-order valence-corrected chi connectivity index (χ1v) is 10.8. The van der Waals surface area contributed by atoms with Gasteiger partial charge in [0.2, 0.25) is 0 Å². The molecule has 6 nitrogen and oxygen atoms in total. The van der Waals surface area contributed by atoms with Gasteiger partial charge in [-0.15, -0.1) is 0 Å². The van der Waals surface area contributed by atoms with Crippen LogP contribution >= 0.6 is 11.6 Å². The highest BCUT2D eigenvalue weighted by Gasteiger charge is 2.42. The smallest absolute Gasteiger partial charge is 0.255 e. The summed E-state index contributed by atoms with van der Waals surface area (Å²) < 4.78 is 2.13. The van der Waals surface area contributed by atoms with E-state index in [1.807, 2.05) is 60.8 Å².